The van der Waals surface area contributed by atoms with Gasteiger partial charge in [-0.05, 0) is 24.1 Å². The molecule has 15 heavy (non-hydrogen) atoms. The van der Waals surface area contributed by atoms with E-state index in [1.165, 1.54) is 12.1 Å². The van der Waals surface area contributed by atoms with Gasteiger partial charge >= 0.3 is 0 Å². The molecule has 0 spiro atoms. The average molecular weight is 209 g/mol. The summed E-state index contributed by atoms with van der Waals surface area (Å²) in [5.74, 6) is -1.60. The average Bonchev–Trinajstić information content (AvgIpc) is 2.63. The highest BCUT2D eigenvalue weighted by Gasteiger charge is 2.30. The van der Waals surface area contributed by atoms with Crippen molar-refractivity contribution in [2.45, 2.75) is 12.5 Å². The van der Waals surface area contributed by atoms with Gasteiger partial charge in [-0.3, -0.25) is 0 Å². The summed E-state index contributed by atoms with van der Waals surface area (Å²) < 4.78 is 31.2. The molecule has 2 unspecified atom stereocenters. The van der Waals surface area contributed by atoms with E-state index in [1.54, 1.807) is 0 Å². The van der Waals surface area contributed by atoms with Crippen LogP contribution in [0.3, 0.4) is 0 Å². The normalized spacial score (nSPS) is 25.1. The van der Waals surface area contributed by atoms with Crippen LogP contribution in [-0.2, 0) is 4.74 Å². The fourth-order valence-electron chi connectivity index (χ4n) is 1.79. The summed E-state index contributed by atoms with van der Waals surface area (Å²) in [6, 6.07) is 5.31. The van der Waals surface area contributed by atoms with Crippen LogP contribution < -0.4 is 0 Å². The molecule has 0 radical (unpaired) electrons. The third-order valence-electron chi connectivity index (χ3n) is 2.47. The SMILES string of the molecule is N#CC1CCOC1c1cc(F)cc(F)c1. The number of nitriles is 1. The van der Waals surface area contributed by atoms with Crippen LogP contribution in [-0.4, -0.2) is 6.61 Å². The predicted molar refractivity (Wildman–Crippen MR) is 48.8 cm³/mol. The Morgan fingerprint density at radius 1 is 1.27 bits per heavy atom. The minimum atomic E-state index is -0.641. The first kappa shape index (κ1) is 10.1. The molecule has 4 heteroatoms. The van der Waals surface area contributed by atoms with Crippen molar-refractivity contribution in [3.8, 4) is 6.07 Å². The molecule has 0 aromatic heterocycles. The molecule has 2 rings (SSSR count). The Hall–Kier alpha value is -1.47. The molecule has 1 aromatic rings. The lowest BCUT2D eigenvalue weighted by Crippen LogP contribution is -2.06. The topological polar surface area (TPSA) is 33.0 Å². The summed E-state index contributed by atoms with van der Waals surface area (Å²) in [6.07, 6.45) is 0.111. The molecule has 0 aliphatic carbocycles. The fraction of sp³-hybridized carbons (Fsp3) is 0.364. The molecule has 0 N–H and O–H groups in total. The van der Waals surface area contributed by atoms with Crippen molar-refractivity contribution in [1.82, 2.24) is 0 Å². The second kappa shape index (κ2) is 3.95. The van der Waals surface area contributed by atoms with Gasteiger partial charge < -0.3 is 4.74 Å². The van der Waals surface area contributed by atoms with E-state index in [1.807, 2.05) is 0 Å². The molecular formula is C11H9F2NO. The van der Waals surface area contributed by atoms with Gasteiger partial charge in [0.05, 0.1) is 18.1 Å². The van der Waals surface area contributed by atoms with E-state index in [0.717, 1.165) is 6.07 Å². The quantitative estimate of drug-likeness (QED) is 0.712. The van der Waals surface area contributed by atoms with E-state index in [-0.39, 0.29) is 5.92 Å². The highest BCUT2D eigenvalue weighted by Crippen LogP contribution is 2.34. The minimum absolute atomic E-state index is 0.314. The predicted octanol–water partition coefficient (Wildman–Crippen LogP) is 2.57. The van der Waals surface area contributed by atoms with E-state index >= 15 is 0 Å². The largest absolute Gasteiger partial charge is 0.372 e. The lowest BCUT2D eigenvalue weighted by Gasteiger charge is -2.13. The van der Waals surface area contributed by atoms with Crippen LogP contribution in [0.15, 0.2) is 18.2 Å². The second-order valence-corrected chi connectivity index (χ2v) is 3.52. The van der Waals surface area contributed by atoms with Crippen LogP contribution in [0, 0.1) is 28.9 Å². The highest BCUT2D eigenvalue weighted by molar-refractivity contribution is 5.23. The third-order valence-corrected chi connectivity index (χ3v) is 2.47. The molecule has 1 fully saturated rings. The van der Waals surface area contributed by atoms with Crippen molar-refractivity contribution in [1.29, 1.82) is 5.26 Å². The number of nitrogens with zero attached hydrogens (tertiary/aromatic N) is 1. The zero-order valence-electron chi connectivity index (χ0n) is 7.91. The number of halogens is 2. The Bertz CT molecular complexity index is 393. The molecule has 2 nitrogen and oxygen atoms in total. The highest BCUT2D eigenvalue weighted by atomic mass is 19.1. The summed E-state index contributed by atoms with van der Waals surface area (Å²) >= 11 is 0. The molecule has 1 saturated heterocycles. The Kier molecular flexibility index (Phi) is 2.65. The van der Waals surface area contributed by atoms with Gasteiger partial charge in [0.25, 0.3) is 0 Å². The minimum Gasteiger partial charge on any atom is -0.372 e. The summed E-state index contributed by atoms with van der Waals surface area (Å²) in [5, 5.41) is 8.82. The van der Waals surface area contributed by atoms with E-state index in [9.17, 15) is 8.78 Å². The molecule has 0 bridgehead atoms. The second-order valence-electron chi connectivity index (χ2n) is 3.52. The smallest absolute Gasteiger partial charge is 0.126 e. The van der Waals surface area contributed by atoms with E-state index in [4.69, 9.17) is 10.00 Å². The summed E-state index contributed by atoms with van der Waals surface area (Å²) in [6.45, 7) is 0.459. The van der Waals surface area contributed by atoms with Gasteiger partial charge in [0.1, 0.15) is 11.6 Å². The Morgan fingerprint density at radius 3 is 2.53 bits per heavy atom. The number of rotatable bonds is 1. The third kappa shape index (κ3) is 1.97. The van der Waals surface area contributed by atoms with Crippen molar-refractivity contribution in [2.24, 2.45) is 5.92 Å². The van der Waals surface area contributed by atoms with Crippen molar-refractivity contribution < 1.29 is 13.5 Å². The van der Waals surface area contributed by atoms with Gasteiger partial charge in [-0.2, -0.15) is 5.26 Å². The lowest BCUT2D eigenvalue weighted by molar-refractivity contribution is 0.100. The lowest BCUT2D eigenvalue weighted by atomic mass is 9.97. The molecule has 1 heterocycles. The maximum atomic E-state index is 12.9. The van der Waals surface area contributed by atoms with Gasteiger partial charge in [-0.1, -0.05) is 0 Å². The maximum Gasteiger partial charge on any atom is 0.126 e. The van der Waals surface area contributed by atoms with E-state index < -0.39 is 17.7 Å². The molecule has 1 aromatic carbocycles. The Balaban J connectivity index is 2.33. The van der Waals surface area contributed by atoms with Crippen LogP contribution in [0.4, 0.5) is 8.78 Å². The first-order valence-electron chi connectivity index (χ1n) is 4.68. The zero-order valence-corrected chi connectivity index (χ0v) is 7.91. The molecule has 1 aliphatic rings. The van der Waals surface area contributed by atoms with Crippen LogP contribution in [0.5, 0.6) is 0 Å². The van der Waals surface area contributed by atoms with Crippen LogP contribution in [0.25, 0.3) is 0 Å². The number of benzene rings is 1. The van der Waals surface area contributed by atoms with Gasteiger partial charge in [0.2, 0.25) is 0 Å². The van der Waals surface area contributed by atoms with Gasteiger partial charge in [-0.25, -0.2) is 8.78 Å². The van der Waals surface area contributed by atoms with Crippen molar-refractivity contribution >= 4 is 0 Å². The standard InChI is InChI=1S/C11H9F2NO/c12-9-3-8(4-10(13)5-9)11-7(6-14)1-2-15-11/h3-5,7,11H,1-2H2. The molecule has 1 aliphatic heterocycles. The van der Waals surface area contributed by atoms with Crippen molar-refractivity contribution in [3.05, 3.63) is 35.4 Å². The zero-order chi connectivity index (χ0) is 10.8. The molecule has 0 amide bonds. The van der Waals surface area contributed by atoms with Crippen molar-refractivity contribution in [2.75, 3.05) is 6.61 Å². The number of hydrogen-bond donors (Lipinski definition) is 0. The van der Waals surface area contributed by atoms with Crippen LogP contribution in [0.2, 0.25) is 0 Å². The molecule has 0 saturated carbocycles. The maximum absolute atomic E-state index is 12.9. The summed E-state index contributed by atoms with van der Waals surface area (Å²) in [7, 11) is 0. The van der Waals surface area contributed by atoms with Gasteiger partial charge in [-0.15, -0.1) is 0 Å². The summed E-state index contributed by atoms with van der Waals surface area (Å²) in [5.41, 5.74) is 0.400. The van der Waals surface area contributed by atoms with Gasteiger partial charge in [0, 0.05) is 12.7 Å². The number of ether oxygens (including phenoxy) is 1. The molecule has 2 atom stereocenters. The fourth-order valence-corrected chi connectivity index (χ4v) is 1.79. The van der Waals surface area contributed by atoms with E-state index in [2.05, 4.69) is 6.07 Å². The van der Waals surface area contributed by atoms with E-state index in [0.29, 0.717) is 18.6 Å². The summed E-state index contributed by atoms with van der Waals surface area (Å²) in [4.78, 5) is 0. The molecular weight excluding hydrogens is 200 g/mol. The monoisotopic (exact) mass is 209 g/mol. The number of hydrogen-bond acceptors (Lipinski definition) is 2. The van der Waals surface area contributed by atoms with Crippen LogP contribution >= 0.6 is 0 Å². The Morgan fingerprint density at radius 2 is 1.93 bits per heavy atom. The van der Waals surface area contributed by atoms with Crippen molar-refractivity contribution in [3.63, 3.8) is 0 Å². The van der Waals surface area contributed by atoms with Crippen LogP contribution in [0.1, 0.15) is 18.1 Å². The first-order chi connectivity index (χ1) is 7.20. The molecule has 78 valence electrons. The van der Waals surface area contributed by atoms with Gasteiger partial charge in [0.15, 0.2) is 0 Å². The Labute approximate surface area is 86.1 Å². The first-order valence-corrected chi connectivity index (χ1v) is 4.68.